The summed E-state index contributed by atoms with van der Waals surface area (Å²) in [6, 6.07) is 0. The van der Waals surface area contributed by atoms with Gasteiger partial charge in [0.15, 0.2) is 0 Å². The van der Waals surface area contributed by atoms with Gasteiger partial charge in [-0.1, -0.05) is 0 Å². The number of hydrogen-bond acceptors (Lipinski definition) is 5. The summed E-state index contributed by atoms with van der Waals surface area (Å²) in [5.74, 6) is 0.0625. The summed E-state index contributed by atoms with van der Waals surface area (Å²) in [5, 5.41) is 9.41. The van der Waals surface area contributed by atoms with E-state index in [0.29, 0.717) is 26.2 Å². The first-order chi connectivity index (χ1) is 10.6. The summed E-state index contributed by atoms with van der Waals surface area (Å²) in [5.41, 5.74) is 0. The fourth-order valence-electron chi connectivity index (χ4n) is 3.04. The molecular formula is C16H30N2O4. The third-order valence-electron chi connectivity index (χ3n) is 4.36. The van der Waals surface area contributed by atoms with Crippen LogP contribution in [0.4, 0.5) is 0 Å². The van der Waals surface area contributed by atoms with E-state index in [0.717, 1.165) is 32.5 Å². The largest absolute Gasteiger partial charge is 0.392 e. The number of ether oxygens (including phenoxy) is 2. The molecule has 0 saturated carbocycles. The zero-order valence-corrected chi connectivity index (χ0v) is 13.9. The summed E-state index contributed by atoms with van der Waals surface area (Å²) in [7, 11) is 0. The molecule has 1 N–H and O–H groups in total. The molecule has 0 aliphatic carbocycles. The molecule has 22 heavy (non-hydrogen) atoms. The summed E-state index contributed by atoms with van der Waals surface area (Å²) in [6.45, 7) is 8.65. The molecular weight excluding hydrogens is 284 g/mol. The average molecular weight is 314 g/mol. The Kier molecular flexibility index (Phi) is 7.08. The van der Waals surface area contributed by atoms with Crippen molar-refractivity contribution in [1.29, 1.82) is 0 Å². The molecule has 0 unspecified atom stereocenters. The second-order valence-corrected chi connectivity index (χ2v) is 6.44. The van der Waals surface area contributed by atoms with Gasteiger partial charge >= 0.3 is 0 Å². The van der Waals surface area contributed by atoms with Gasteiger partial charge in [0.05, 0.1) is 18.8 Å². The normalized spacial score (nSPS) is 26.7. The smallest absolute Gasteiger partial charge is 0.251 e. The van der Waals surface area contributed by atoms with Gasteiger partial charge < -0.3 is 19.5 Å². The lowest BCUT2D eigenvalue weighted by molar-refractivity contribution is -0.148. The molecule has 0 aromatic rings. The van der Waals surface area contributed by atoms with E-state index >= 15 is 0 Å². The van der Waals surface area contributed by atoms with E-state index in [1.54, 1.807) is 6.92 Å². The molecule has 2 aliphatic heterocycles. The molecule has 2 aliphatic rings. The maximum absolute atomic E-state index is 12.4. The van der Waals surface area contributed by atoms with Gasteiger partial charge in [-0.3, -0.25) is 9.69 Å². The Morgan fingerprint density at radius 1 is 1.27 bits per heavy atom. The third-order valence-corrected chi connectivity index (χ3v) is 4.36. The Morgan fingerprint density at radius 2 is 2.00 bits per heavy atom. The standard InChI is InChI=1S/C16H30N2O4/c1-13(19)11-17-6-8-18(9-7-17)16(20)14(2)22-12-15-5-3-4-10-21-15/h13-15,19H,3-12H2,1-2H3/t13-,14+,15-/m0/s1. The monoisotopic (exact) mass is 314 g/mol. The number of β-amino-alcohol motifs (C(OH)–C–C–N with tert-alkyl or cyclic N) is 1. The summed E-state index contributed by atoms with van der Waals surface area (Å²) < 4.78 is 11.3. The Labute approximate surface area is 133 Å². The van der Waals surface area contributed by atoms with Crippen molar-refractivity contribution in [2.24, 2.45) is 0 Å². The van der Waals surface area contributed by atoms with Crippen molar-refractivity contribution in [1.82, 2.24) is 9.80 Å². The van der Waals surface area contributed by atoms with Gasteiger partial charge in [0.1, 0.15) is 6.10 Å². The molecule has 0 radical (unpaired) electrons. The van der Waals surface area contributed by atoms with Crippen LogP contribution in [0.1, 0.15) is 33.1 Å². The fourth-order valence-corrected chi connectivity index (χ4v) is 3.04. The minimum Gasteiger partial charge on any atom is -0.392 e. The lowest BCUT2D eigenvalue weighted by atomic mass is 10.1. The van der Waals surface area contributed by atoms with Crippen LogP contribution in [0.3, 0.4) is 0 Å². The number of carbonyl (C=O) groups excluding carboxylic acids is 1. The molecule has 128 valence electrons. The summed E-state index contributed by atoms with van der Waals surface area (Å²) in [6.07, 6.45) is 2.75. The Morgan fingerprint density at radius 3 is 2.59 bits per heavy atom. The van der Waals surface area contributed by atoms with Crippen molar-refractivity contribution in [2.75, 3.05) is 45.9 Å². The molecule has 1 amide bonds. The highest BCUT2D eigenvalue weighted by Crippen LogP contribution is 2.14. The van der Waals surface area contributed by atoms with Crippen LogP contribution in [0.5, 0.6) is 0 Å². The minimum atomic E-state index is -0.408. The Balaban J connectivity index is 1.67. The van der Waals surface area contributed by atoms with E-state index in [-0.39, 0.29) is 18.1 Å². The van der Waals surface area contributed by atoms with Crippen LogP contribution < -0.4 is 0 Å². The number of nitrogens with zero attached hydrogens (tertiary/aromatic N) is 2. The Bertz CT molecular complexity index is 337. The van der Waals surface area contributed by atoms with Crippen LogP contribution >= 0.6 is 0 Å². The number of amides is 1. The quantitative estimate of drug-likeness (QED) is 0.773. The number of rotatable bonds is 6. The van der Waals surface area contributed by atoms with Gasteiger partial charge in [-0.25, -0.2) is 0 Å². The molecule has 6 heteroatoms. The number of hydrogen-bond donors (Lipinski definition) is 1. The van der Waals surface area contributed by atoms with Crippen LogP contribution in [-0.4, -0.2) is 85.1 Å². The van der Waals surface area contributed by atoms with E-state index < -0.39 is 6.10 Å². The van der Waals surface area contributed by atoms with Crippen molar-refractivity contribution >= 4 is 5.91 Å². The van der Waals surface area contributed by atoms with Crippen molar-refractivity contribution in [3.8, 4) is 0 Å². The van der Waals surface area contributed by atoms with Crippen molar-refractivity contribution in [3.05, 3.63) is 0 Å². The highest BCUT2D eigenvalue weighted by atomic mass is 16.5. The van der Waals surface area contributed by atoms with Crippen molar-refractivity contribution in [3.63, 3.8) is 0 Å². The first kappa shape index (κ1) is 17.7. The zero-order chi connectivity index (χ0) is 15.9. The van der Waals surface area contributed by atoms with Gasteiger partial charge in [0.25, 0.3) is 5.91 Å². The zero-order valence-electron chi connectivity index (χ0n) is 13.9. The summed E-state index contributed by atoms with van der Waals surface area (Å²) >= 11 is 0. The first-order valence-corrected chi connectivity index (χ1v) is 8.48. The van der Waals surface area contributed by atoms with Crippen molar-refractivity contribution < 1.29 is 19.4 Å². The van der Waals surface area contributed by atoms with E-state index in [1.165, 1.54) is 6.42 Å². The molecule has 2 saturated heterocycles. The first-order valence-electron chi connectivity index (χ1n) is 8.48. The van der Waals surface area contributed by atoms with Crippen molar-refractivity contribution in [2.45, 2.75) is 51.4 Å². The third kappa shape index (κ3) is 5.50. The highest BCUT2D eigenvalue weighted by Gasteiger charge is 2.26. The van der Waals surface area contributed by atoms with E-state index in [1.807, 2.05) is 11.8 Å². The number of aliphatic hydroxyl groups is 1. The molecule has 3 atom stereocenters. The maximum atomic E-state index is 12.4. The average Bonchev–Trinajstić information content (AvgIpc) is 2.53. The lowest BCUT2D eigenvalue weighted by Crippen LogP contribution is -2.52. The van der Waals surface area contributed by atoms with Crippen LogP contribution in [0.15, 0.2) is 0 Å². The second-order valence-electron chi connectivity index (χ2n) is 6.44. The SMILES string of the molecule is C[C@H](O)CN1CCN(C(=O)[C@@H](C)OC[C@@H]2CCCCO2)CC1. The van der Waals surface area contributed by atoms with Gasteiger partial charge in [-0.2, -0.15) is 0 Å². The topological polar surface area (TPSA) is 62.2 Å². The van der Waals surface area contributed by atoms with Crippen LogP contribution in [-0.2, 0) is 14.3 Å². The minimum absolute atomic E-state index is 0.0625. The fraction of sp³-hybridized carbons (Fsp3) is 0.938. The molecule has 0 aromatic heterocycles. The van der Waals surface area contributed by atoms with Gasteiger partial charge in [0, 0.05) is 39.3 Å². The van der Waals surface area contributed by atoms with E-state index in [4.69, 9.17) is 9.47 Å². The van der Waals surface area contributed by atoms with Gasteiger partial charge in [0.2, 0.25) is 0 Å². The molecule has 0 aromatic carbocycles. The molecule has 0 bridgehead atoms. The number of piperazine rings is 1. The molecule has 2 rings (SSSR count). The van der Waals surface area contributed by atoms with Crippen LogP contribution in [0.25, 0.3) is 0 Å². The van der Waals surface area contributed by atoms with E-state index in [2.05, 4.69) is 4.90 Å². The molecule has 2 fully saturated rings. The highest BCUT2D eigenvalue weighted by molar-refractivity contribution is 5.80. The molecule has 6 nitrogen and oxygen atoms in total. The maximum Gasteiger partial charge on any atom is 0.251 e. The predicted octanol–water partition coefficient (Wildman–Crippen LogP) is 0.486. The van der Waals surface area contributed by atoms with E-state index in [9.17, 15) is 9.90 Å². The predicted molar refractivity (Wildman–Crippen MR) is 83.7 cm³/mol. The number of carbonyl (C=O) groups is 1. The van der Waals surface area contributed by atoms with Crippen LogP contribution in [0, 0.1) is 0 Å². The van der Waals surface area contributed by atoms with Crippen LogP contribution in [0.2, 0.25) is 0 Å². The lowest BCUT2D eigenvalue weighted by Gasteiger charge is -2.36. The van der Waals surface area contributed by atoms with Gasteiger partial charge in [-0.05, 0) is 33.1 Å². The number of aliphatic hydroxyl groups excluding tert-OH is 1. The molecule has 0 spiro atoms. The van der Waals surface area contributed by atoms with Gasteiger partial charge in [-0.15, -0.1) is 0 Å². The second kappa shape index (κ2) is 8.82. The Hall–Kier alpha value is -0.690. The summed E-state index contributed by atoms with van der Waals surface area (Å²) in [4.78, 5) is 16.4. The molecule has 2 heterocycles.